The van der Waals surface area contributed by atoms with Crippen LogP contribution in [0.5, 0.6) is 0 Å². The average Bonchev–Trinajstić information content (AvgIpc) is 3.13. The predicted octanol–water partition coefficient (Wildman–Crippen LogP) is 2.26. The molecule has 0 radical (unpaired) electrons. The van der Waals surface area contributed by atoms with Crippen LogP contribution in [0.15, 0.2) is 30.3 Å². The Morgan fingerprint density at radius 2 is 1.83 bits per heavy atom. The highest BCUT2D eigenvalue weighted by Gasteiger charge is 2.30. The summed E-state index contributed by atoms with van der Waals surface area (Å²) in [5, 5.41) is 5.80. The largest absolute Gasteiger partial charge is 0.304 e. The summed E-state index contributed by atoms with van der Waals surface area (Å²) >= 11 is 0. The molecule has 0 atom stereocenters. The number of fused-ring (bicyclic) bond motifs is 1. The van der Waals surface area contributed by atoms with Crippen molar-refractivity contribution in [2.24, 2.45) is 0 Å². The van der Waals surface area contributed by atoms with E-state index in [1.807, 2.05) is 4.72 Å². The highest BCUT2D eigenvalue weighted by atomic mass is 32.2. The van der Waals surface area contributed by atoms with Crippen LogP contribution >= 0.6 is 0 Å². The summed E-state index contributed by atoms with van der Waals surface area (Å²) in [7, 11) is -1.67. The van der Waals surface area contributed by atoms with E-state index < -0.39 is 15.9 Å². The molecule has 1 aliphatic carbocycles. The second-order valence-corrected chi connectivity index (χ2v) is 11.3. The lowest BCUT2D eigenvalue weighted by atomic mass is 9.81. The molecule has 1 aromatic carbocycles. The Hall–Kier alpha value is -2.89. The van der Waals surface area contributed by atoms with Crippen molar-refractivity contribution in [3.05, 3.63) is 53.1 Å². The fourth-order valence-corrected chi connectivity index (χ4v) is 5.10. The van der Waals surface area contributed by atoms with Crippen molar-refractivity contribution >= 4 is 27.0 Å². The van der Waals surface area contributed by atoms with Crippen molar-refractivity contribution in [1.29, 1.82) is 0 Å². The number of pyridine rings is 1. The molecular formula is C24H29FN6O3S. The second kappa shape index (κ2) is 9.29. The normalized spacial score (nSPS) is 18.0. The van der Waals surface area contributed by atoms with Crippen LogP contribution in [-0.2, 0) is 16.6 Å². The van der Waals surface area contributed by atoms with Gasteiger partial charge in [-0.15, -0.1) is 0 Å². The molecule has 3 aromatic rings. The lowest BCUT2D eigenvalue weighted by molar-refractivity contribution is 0.0976. The number of carbonyl (C=O) groups excluding carboxylic acids is 1. The molecule has 2 aromatic heterocycles. The van der Waals surface area contributed by atoms with Crippen LogP contribution in [0.2, 0.25) is 0 Å². The number of carbonyl (C=O) groups is 1. The molecule has 2 fully saturated rings. The molecule has 0 bridgehead atoms. The molecule has 9 nitrogen and oxygen atoms in total. The van der Waals surface area contributed by atoms with E-state index in [2.05, 4.69) is 21.8 Å². The number of amides is 1. The van der Waals surface area contributed by atoms with Gasteiger partial charge in [-0.3, -0.25) is 9.69 Å². The van der Waals surface area contributed by atoms with Crippen LogP contribution in [0.1, 0.15) is 46.9 Å². The van der Waals surface area contributed by atoms with Crippen molar-refractivity contribution in [2.45, 2.75) is 31.7 Å². The Labute approximate surface area is 204 Å². The summed E-state index contributed by atoms with van der Waals surface area (Å²) in [6.45, 7) is 4.26. The van der Waals surface area contributed by atoms with Gasteiger partial charge >= 0.3 is 0 Å². The van der Waals surface area contributed by atoms with Gasteiger partial charge < -0.3 is 4.90 Å². The fourth-order valence-electron chi connectivity index (χ4n) is 4.66. The number of piperazine rings is 1. The number of sulfonamides is 1. The number of halogens is 1. The van der Waals surface area contributed by atoms with Crippen LogP contribution in [0.4, 0.5) is 4.39 Å². The molecular weight excluding hydrogens is 471 g/mol. The lowest BCUT2D eigenvalue weighted by Gasteiger charge is -2.32. The van der Waals surface area contributed by atoms with Crippen LogP contribution < -0.4 is 4.72 Å². The zero-order chi connectivity index (χ0) is 24.7. The Kier molecular flexibility index (Phi) is 6.32. The minimum atomic E-state index is -3.76. The number of likely N-dealkylation sites (N-methyl/N-ethyl adjacent to an activating group) is 1. The Bertz CT molecular complexity index is 1360. The standard InChI is InChI=1S/C24H29FN6O3S/c1-29-10-12-30(13-11-29)15-17-14-20(24(32)28-35(2,33)34)26-23-21(17)22(16-4-3-5-16)27-31(23)19-8-6-18(25)7-9-19/h6-9,14,16H,3-5,10-13,15H2,1-2H3,(H,28,32). The van der Waals surface area contributed by atoms with Gasteiger partial charge in [-0.05, 0) is 55.8 Å². The van der Waals surface area contributed by atoms with Gasteiger partial charge in [0.15, 0.2) is 5.65 Å². The van der Waals surface area contributed by atoms with E-state index in [1.165, 1.54) is 12.1 Å². The Balaban J connectivity index is 1.68. The third kappa shape index (κ3) is 5.07. The smallest absolute Gasteiger partial charge is 0.283 e. The summed E-state index contributed by atoms with van der Waals surface area (Å²) in [6, 6.07) is 7.66. The average molecular weight is 501 g/mol. The topological polar surface area (TPSA) is 100 Å². The first kappa shape index (κ1) is 23.8. The van der Waals surface area contributed by atoms with Gasteiger partial charge in [0.1, 0.15) is 11.5 Å². The number of hydrogen-bond acceptors (Lipinski definition) is 7. The van der Waals surface area contributed by atoms with E-state index in [0.29, 0.717) is 23.8 Å². The maximum atomic E-state index is 13.6. The summed E-state index contributed by atoms with van der Waals surface area (Å²) in [6.07, 6.45) is 4.12. The number of nitrogens with one attached hydrogen (secondary N) is 1. The first-order valence-corrected chi connectivity index (χ1v) is 13.7. The first-order valence-electron chi connectivity index (χ1n) is 11.8. The van der Waals surface area contributed by atoms with E-state index in [0.717, 1.165) is 68.3 Å². The zero-order valence-corrected chi connectivity index (χ0v) is 20.7. The maximum absolute atomic E-state index is 13.6. The Morgan fingerprint density at radius 1 is 1.14 bits per heavy atom. The number of nitrogens with zero attached hydrogens (tertiary/aromatic N) is 5. The molecule has 5 rings (SSSR count). The van der Waals surface area contributed by atoms with Gasteiger partial charge in [0.2, 0.25) is 10.0 Å². The summed E-state index contributed by atoms with van der Waals surface area (Å²) < 4.78 is 40.8. The van der Waals surface area contributed by atoms with Crippen LogP contribution in [0, 0.1) is 5.82 Å². The molecule has 2 aliphatic rings. The van der Waals surface area contributed by atoms with Gasteiger partial charge in [0.05, 0.1) is 17.6 Å². The predicted molar refractivity (Wildman–Crippen MR) is 130 cm³/mol. The number of hydrogen-bond donors (Lipinski definition) is 1. The molecule has 1 saturated heterocycles. The van der Waals surface area contributed by atoms with Crippen molar-refractivity contribution in [2.75, 3.05) is 39.5 Å². The fraction of sp³-hybridized carbons (Fsp3) is 0.458. The van der Waals surface area contributed by atoms with Crippen molar-refractivity contribution in [3.8, 4) is 5.69 Å². The summed E-state index contributed by atoms with van der Waals surface area (Å²) in [5.41, 5.74) is 2.94. The van der Waals surface area contributed by atoms with E-state index in [-0.39, 0.29) is 11.5 Å². The second-order valence-electron chi connectivity index (χ2n) is 9.55. The quantitative estimate of drug-likeness (QED) is 0.554. The van der Waals surface area contributed by atoms with Gasteiger partial charge in [-0.25, -0.2) is 27.2 Å². The number of aromatic nitrogens is 3. The lowest BCUT2D eigenvalue weighted by Crippen LogP contribution is -2.44. The molecule has 186 valence electrons. The molecule has 0 spiro atoms. The van der Waals surface area contributed by atoms with Crippen molar-refractivity contribution < 1.29 is 17.6 Å². The Morgan fingerprint density at radius 3 is 2.43 bits per heavy atom. The van der Waals surface area contributed by atoms with Gasteiger partial charge in [-0.2, -0.15) is 5.10 Å². The monoisotopic (exact) mass is 500 g/mol. The van der Waals surface area contributed by atoms with Crippen molar-refractivity contribution in [1.82, 2.24) is 29.3 Å². The minimum absolute atomic E-state index is 0.00970. The number of benzene rings is 1. The third-order valence-corrected chi connectivity index (χ3v) is 7.37. The third-order valence-electron chi connectivity index (χ3n) is 6.81. The van der Waals surface area contributed by atoms with E-state index in [1.54, 1.807) is 22.9 Å². The van der Waals surface area contributed by atoms with E-state index in [9.17, 15) is 17.6 Å². The van der Waals surface area contributed by atoms with Gasteiger partial charge in [0, 0.05) is 44.0 Å². The first-order chi connectivity index (χ1) is 16.7. The SMILES string of the molecule is CN1CCN(Cc2cc(C(=O)NS(C)(=O)=O)nc3c2c(C2CCC2)nn3-c2ccc(F)cc2)CC1. The minimum Gasteiger partial charge on any atom is -0.304 e. The van der Waals surface area contributed by atoms with Crippen molar-refractivity contribution in [3.63, 3.8) is 0 Å². The van der Waals surface area contributed by atoms with E-state index in [4.69, 9.17) is 5.10 Å². The van der Waals surface area contributed by atoms with Crippen LogP contribution in [0.25, 0.3) is 16.7 Å². The molecule has 1 saturated carbocycles. The molecule has 11 heteroatoms. The summed E-state index contributed by atoms with van der Waals surface area (Å²) in [4.78, 5) is 22.0. The maximum Gasteiger partial charge on any atom is 0.283 e. The van der Waals surface area contributed by atoms with E-state index >= 15 is 0 Å². The molecule has 3 heterocycles. The highest BCUT2D eigenvalue weighted by molar-refractivity contribution is 7.89. The highest BCUT2D eigenvalue weighted by Crippen LogP contribution is 2.40. The van der Waals surface area contributed by atoms with Gasteiger partial charge in [-0.1, -0.05) is 6.42 Å². The molecule has 1 amide bonds. The molecule has 1 N–H and O–H groups in total. The van der Waals surface area contributed by atoms with Crippen LogP contribution in [-0.4, -0.2) is 78.4 Å². The molecule has 0 unspecified atom stereocenters. The number of rotatable bonds is 6. The molecule has 35 heavy (non-hydrogen) atoms. The van der Waals surface area contributed by atoms with Gasteiger partial charge in [0.25, 0.3) is 5.91 Å². The summed E-state index contributed by atoms with van der Waals surface area (Å²) in [5.74, 6) is -0.852. The zero-order valence-electron chi connectivity index (χ0n) is 19.9. The van der Waals surface area contributed by atoms with Crippen LogP contribution in [0.3, 0.4) is 0 Å². The molecule has 1 aliphatic heterocycles.